The molecule has 17 heavy (non-hydrogen) atoms. The van der Waals surface area contributed by atoms with Crippen molar-refractivity contribution in [3.8, 4) is 0 Å². The summed E-state index contributed by atoms with van der Waals surface area (Å²) in [4.78, 5) is 11.0. The Labute approximate surface area is 106 Å². The molecule has 2 aliphatic rings. The Morgan fingerprint density at radius 2 is 2.00 bits per heavy atom. The molecule has 0 amide bonds. The van der Waals surface area contributed by atoms with Crippen LogP contribution >= 0.6 is 11.6 Å². The number of hydrogen-bond acceptors (Lipinski definition) is 2. The van der Waals surface area contributed by atoms with Crippen molar-refractivity contribution < 1.29 is 9.53 Å². The van der Waals surface area contributed by atoms with Gasteiger partial charge in [0, 0.05) is 11.1 Å². The summed E-state index contributed by atoms with van der Waals surface area (Å²) in [6, 6.07) is 0. The smallest absolute Gasteiger partial charge is 0.248 e. The van der Waals surface area contributed by atoms with Crippen LogP contribution in [0.2, 0.25) is 0 Å². The zero-order chi connectivity index (χ0) is 12.3. The van der Waals surface area contributed by atoms with Crippen molar-refractivity contribution in [2.75, 3.05) is 7.11 Å². The van der Waals surface area contributed by atoms with E-state index in [1.165, 1.54) is 5.57 Å². The summed E-state index contributed by atoms with van der Waals surface area (Å²) in [6.07, 6.45) is 11.7. The molecule has 3 heteroatoms. The minimum atomic E-state index is -0.347. The summed E-state index contributed by atoms with van der Waals surface area (Å²) in [5.74, 6) is 0.941. The Bertz CT molecular complexity index is 453. The zero-order valence-corrected chi connectivity index (χ0v) is 10.6. The third-order valence-electron chi connectivity index (χ3n) is 3.08. The van der Waals surface area contributed by atoms with Gasteiger partial charge in [0.15, 0.2) is 0 Å². The number of methoxy groups -OCH3 is 1. The van der Waals surface area contributed by atoms with Crippen LogP contribution in [-0.2, 0) is 9.53 Å². The average molecular weight is 251 g/mol. The van der Waals surface area contributed by atoms with Gasteiger partial charge >= 0.3 is 0 Å². The summed E-state index contributed by atoms with van der Waals surface area (Å²) >= 11 is 5.46. The number of carbonyl (C=O) groups excluding carboxylic acids is 1. The van der Waals surface area contributed by atoms with Crippen molar-refractivity contribution >= 4 is 16.8 Å². The first-order valence-electron chi connectivity index (χ1n) is 5.77. The van der Waals surface area contributed by atoms with Gasteiger partial charge in [0.05, 0.1) is 7.11 Å². The molecule has 0 atom stereocenters. The molecule has 2 aliphatic carbocycles. The largest absolute Gasteiger partial charge is 0.496 e. The lowest BCUT2D eigenvalue weighted by molar-refractivity contribution is -0.108. The van der Waals surface area contributed by atoms with Crippen LogP contribution in [0, 0.1) is 0 Å². The zero-order valence-electron chi connectivity index (χ0n) is 9.83. The molecule has 0 saturated heterocycles. The van der Waals surface area contributed by atoms with Crippen molar-refractivity contribution in [1.82, 2.24) is 0 Å². The van der Waals surface area contributed by atoms with Crippen molar-refractivity contribution in [2.24, 2.45) is 0 Å². The van der Waals surface area contributed by atoms with E-state index in [1.54, 1.807) is 7.11 Å². The first-order chi connectivity index (χ1) is 8.22. The van der Waals surface area contributed by atoms with E-state index in [1.807, 2.05) is 12.2 Å². The third kappa shape index (κ3) is 2.70. The summed E-state index contributed by atoms with van der Waals surface area (Å²) in [7, 11) is 1.69. The number of allylic oxidation sites excluding steroid dienone is 6. The normalized spacial score (nSPS) is 19.9. The number of rotatable bonds is 3. The number of hydrogen-bond donors (Lipinski definition) is 0. The van der Waals surface area contributed by atoms with Crippen molar-refractivity contribution in [1.29, 1.82) is 0 Å². The van der Waals surface area contributed by atoms with Gasteiger partial charge in [-0.15, -0.1) is 0 Å². The van der Waals surface area contributed by atoms with Crippen molar-refractivity contribution in [3.63, 3.8) is 0 Å². The summed E-state index contributed by atoms with van der Waals surface area (Å²) in [5, 5.41) is -0.347. The van der Waals surface area contributed by atoms with E-state index < -0.39 is 0 Å². The Morgan fingerprint density at radius 1 is 1.24 bits per heavy atom. The molecule has 0 heterocycles. The van der Waals surface area contributed by atoms with Crippen molar-refractivity contribution in [3.05, 3.63) is 46.8 Å². The van der Waals surface area contributed by atoms with E-state index in [2.05, 4.69) is 12.2 Å². The van der Waals surface area contributed by atoms with Gasteiger partial charge in [0.25, 0.3) is 0 Å². The SMILES string of the molecule is COC1=CCCC=C1C1=CC=C(C(=O)Cl)CC1. The fraction of sp³-hybridized carbons (Fsp3) is 0.357. The monoisotopic (exact) mass is 250 g/mol. The fourth-order valence-electron chi connectivity index (χ4n) is 2.16. The average Bonchev–Trinajstić information content (AvgIpc) is 2.39. The van der Waals surface area contributed by atoms with Crippen molar-refractivity contribution in [2.45, 2.75) is 25.7 Å². The van der Waals surface area contributed by atoms with E-state index in [9.17, 15) is 4.79 Å². The molecule has 0 aromatic carbocycles. The maximum atomic E-state index is 11.0. The number of carbonyl (C=O) groups is 1. The molecule has 0 bridgehead atoms. The molecule has 0 spiro atoms. The Balaban J connectivity index is 2.22. The van der Waals surface area contributed by atoms with E-state index in [4.69, 9.17) is 16.3 Å². The highest BCUT2D eigenvalue weighted by molar-refractivity contribution is 6.67. The Kier molecular flexibility index (Phi) is 3.85. The quantitative estimate of drug-likeness (QED) is 0.715. The lowest BCUT2D eigenvalue weighted by Crippen LogP contribution is -2.05. The van der Waals surface area contributed by atoms with Gasteiger partial charge in [-0.2, -0.15) is 0 Å². The van der Waals surface area contributed by atoms with Gasteiger partial charge < -0.3 is 4.74 Å². The van der Waals surface area contributed by atoms with Crippen LogP contribution in [-0.4, -0.2) is 12.4 Å². The van der Waals surface area contributed by atoms with Crippen LogP contribution in [0.1, 0.15) is 25.7 Å². The predicted molar refractivity (Wildman–Crippen MR) is 68.7 cm³/mol. The number of halogens is 1. The van der Waals surface area contributed by atoms with E-state index in [0.717, 1.165) is 30.6 Å². The molecule has 0 saturated carbocycles. The fourth-order valence-corrected chi connectivity index (χ4v) is 2.32. The minimum absolute atomic E-state index is 0.347. The topological polar surface area (TPSA) is 26.3 Å². The van der Waals surface area contributed by atoms with E-state index >= 15 is 0 Å². The molecule has 0 aromatic rings. The van der Waals surface area contributed by atoms with E-state index in [-0.39, 0.29) is 5.24 Å². The Morgan fingerprint density at radius 3 is 2.59 bits per heavy atom. The third-order valence-corrected chi connectivity index (χ3v) is 3.32. The highest BCUT2D eigenvalue weighted by Crippen LogP contribution is 2.32. The molecule has 90 valence electrons. The van der Waals surface area contributed by atoms with Crippen LogP contribution in [0.4, 0.5) is 0 Å². The minimum Gasteiger partial charge on any atom is -0.496 e. The second-order valence-electron chi connectivity index (χ2n) is 4.13. The first-order valence-corrected chi connectivity index (χ1v) is 6.15. The molecule has 0 unspecified atom stereocenters. The molecule has 0 fully saturated rings. The molecule has 0 aromatic heterocycles. The van der Waals surface area contributed by atoms with Gasteiger partial charge in [0.2, 0.25) is 5.24 Å². The molecule has 2 rings (SSSR count). The van der Waals surface area contributed by atoms with Crippen LogP contribution in [0.3, 0.4) is 0 Å². The number of ether oxygens (including phenoxy) is 1. The van der Waals surface area contributed by atoms with Crippen LogP contribution < -0.4 is 0 Å². The van der Waals surface area contributed by atoms with Crippen LogP contribution in [0.5, 0.6) is 0 Å². The lowest BCUT2D eigenvalue weighted by atomic mass is 9.90. The van der Waals surface area contributed by atoms with E-state index in [0.29, 0.717) is 12.0 Å². The second-order valence-corrected chi connectivity index (χ2v) is 4.47. The molecular formula is C14H15ClO2. The first kappa shape index (κ1) is 12.2. The van der Waals surface area contributed by atoms with Crippen LogP contribution in [0.25, 0.3) is 0 Å². The molecule has 2 nitrogen and oxygen atoms in total. The van der Waals surface area contributed by atoms with Gasteiger partial charge in [-0.25, -0.2) is 0 Å². The van der Waals surface area contributed by atoms with Gasteiger partial charge in [-0.1, -0.05) is 18.2 Å². The maximum absolute atomic E-state index is 11.0. The maximum Gasteiger partial charge on any atom is 0.248 e. The summed E-state index contributed by atoms with van der Waals surface area (Å²) < 4.78 is 5.37. The van der Waals surface area contributed by atoms with Gasteiger partial charge in [-0.05, 0) is 48.9 Å². The Hall–Kier alpha value is -1.28. The van der Waals surface area contributed by atoms with Gasteiger partial charge in [0.1, 0.15) is 5.76 Å². The molecular weight excluding hydrogens is 236 g/mol. The molecule has 0 N–H and O–H groups in total. The second kappa shape index (κ2) is 5.37. The lowest BCUT2D eigenvalue weighted by Gasteiger charge is -2.20. The predicted octanol–water partition coefficient (Wildman–Crippen LogP) is 3.65. The molecule has 0 radical (unpaired) electrons. The highest BCUT2D eigenvalue weighted by Gasteiger charge is 2.17. The standard InChI is InChI=1S/C14H15ClO2/c1-17-13-5-3-2-4-12(13)10-6-8-11(9-7-10)14(15)16/h4-6,8H,2-3,7,9H2,1H3. The van der Waals surface area contributed by atoms with Gasteiger partial charge in [-0.3, -0.25) is 4.79 Å². The highest BCUT2D eigenvalue weighted by atomic mass is 35.5. The summed E-state index contributed by atoms with van der Waals surface area (Å²) in [5.41, 5.74) is 3.07. The van der Waals surface area contributed by atoms with Crippen LogP contribution in [0.15, 0.2) is 46.8 Å². The molecule has 0 aliphatic heterocycles. The summed E-state index contributed by atoms with van der Waals surface area (Å²) in [6.45, 7) is 0.